The summed E-state index contributed by atoms with van der Waals surface area (Å²) in [6.07, 6.45) is 4.87. The van der Waals surface area contributed by atoms with Gasteiger partial charge in [0.25, 0.3) is 5.91 Å². The van der Waals surface area contributed by atoms with Crippen molar-refractivity contribution in [3.63, 3.8) is 0 Å². The number of hydrogen-bond donors (Lipinski definition) is 0. The molecule has 8 nitrogen and oxygen atoms in total. The molecule has 0 bridgehead atoms. The van der Waals surface area contributed by atoms with Crippen molar-refractivity contribution in [3.8, 4) is 0 Å². The number of hydrogen-bond acceptors (Lipinski definition) is 6. The highest BCUT2D eigenvalue weighted by molar-refractivity contribution is 5.93. The first-order valence-electron chi connectivity index (χ1n) is 8.02. The summed E-state index contributed by atoms with van der Waals surface area (Å²) in [6.45, 7) is 4.26. The van der Waals surface area contributed by atoms with Crippen molar-refractivity contribution >= 4 is 11.9 Å². The van der Waals surface area contributed by atoms with E-state index in [1.165, 1.54) is 0 Å². The average molecular weight is 330 g/mol. The number of rotatable bonds is 4. The summed E-state index contributed by atoms with van der Waals surface area (Å²) in [5, 5.41) is 4.17. The summed E-state index contributed by atoms with van der Waals surface area (Å²) in [7, 11) is 3.78. The van der Waals surface area contributed by atoms with Crippen molar-refractivity contribution in [3.05, 3.63) is 35.9 Å². The first-order valence-corrected chi connectivity index (χ1v) is 8.02. The highest BCUT2D eigenvalue weighted by Crippen LogP contribution is 2.22. The van der Waals surface area contributed by atoms with Crippen molar-refractivity contribution < 1.29 is 9.53 Å². The van der Waals surface area contributed by atoms with Crippen LogP contribution in [0.1, 0.15) is 29.1 Å². The van der Waals surface area contributed by atoms with Crippen LogP contribution in [0.5, 0.6) is 0 Å². The zero-order chi connectivity index (χ0) is 17.1. The SMILES string of the molecule is CCn1cc(C(=O)N2CCO[C@H](c3ccnc(N(C)C)n3)C2)cn1. The molecule has 0 aliphatic carbocycles. The third-order valence-electron chi connectivity index (χ3n) is 3.95. The molecule has 24 heavy (non-hydrogen) atoms. The zero-order valence-electron chi connectivity index (χ0n) is 14.2. The van der Waals surface area contributed by atoms with Crippen LogP contribution < -0.4 is 4.90 Å². The molecule has 0 aromatic carbocycles. The smallest absolute Gasteiger partial charge is 0.257 e. The monoisotopic (exact) mass is 330 g/mol. The molecule has 0 N–H and O–H groups in total. The van der Waals surface area contributed by atoms with Crippen LogP contribution in [0.25, 0.3) is 0 Å². The zero-order valence-corrected chi connectivity index (χ0v) is 14.2. The van der Waals surface area contributed by atoms with E-state index >= 15 is 0 Å². The Balaban J connectivity index is 1.74. The Morgan fingerprint density at radius 1 is 1.46 bits per heavy atom. The minimum absolute atomic E-state index is 0.0233. The lowest BCUT2D eigenvalue weighted by atomic mass is 10.2. The Morgan fingerprint density at radius 3 is 3.00 bits per heavy atom. The van der Waals surface area contributed by atoms with Crippen molar-refractivity contribution in [2.75, 3.05) is 38.7 Å². The average Bonchev–Trinajstić information content (AvgIpc) is 3.10. The molecule has 1 saturated heterocycles. The van der Waals surface area contributed by atoms with Crippen LogP contribution in [0.3, 0.4) is 0 Å². The minimum atomic E-state index is -0.245. The van der Waals surface area contributed by atoms with Crippen LogP contribution in [0.4, 0.5) is 5.95 Å². The van der Waals surface area contributed by atoms with E-state index in [4.69, 9.17) is 4.74 Å². The highest BCUT2D eigenvalue weighted by atomic mass is 16.5. The second kappa shape index (κ2) is 6.96. The largest absolute Gasteiger partial charge is 0.368 e. The number of amides is 1. The van der Waals surface area contributed by atoms with Crippen LogP contribution >= 0.6 is 0 Å². The summed E-state index contributed by atoms with van der Waals surface area (Å²) < 4.78 is 7.57. The molecule has 1 aliphatic heterocycles. The van der Waals surface area contributed by atoms with Crippen molar-refractivity contribution in [1.29, 1.82) is 0 Å². The molecule has 1 aliphatic rings. The Hall–Kier alpha value is -2.48. The third-order valence-corrected chi connectivity index (χ3v) is 3.95. The molecule has 2 aromatic heterocycles. The van der Waals surface area contributed by atoms with Gasteiger partial charge in [0.15, 0.2) is 0 Å². The van der Waals surface area contributed by atoms with Crippen molar-refractivity contribution in [1.82, 2.24) is 24.6 Å². The Bertz CT molecular complexity index is 714. The van der Waals surface area contributed by atoms with E-state index in [-0.39, 0.29) is 12.0 Å². The number of aryl methyl sites for hydroxylation is 1. The molecule has 0 unspecified atom stereocenters. The topological polar surface area (TPSA) is 76.4 Å². The number of nitrogens with zero attached hydrogens (tertiary/aromatic N) is 6. The van der Waals surface area contributed by atoms with Gasteiger partial charge >= 0.3 is 0 Å². The quantitative estimate of drug-likeness (QED) is 0.831. The second-order valence-electron chi connectivity index (χ2n) is 5.87. The molecule has 128 valence electrons. The Morgan fingerprint density at radius 2 is 2.29 bits per heavy atom. The van der Waals surface area contributed by atoms with Crippen LogP contribution in [0.2, 0.25) is 0 Å². The van der Waals surface area contributed by atoms with Gasteiger partial charge in [-0.2, -0.15) is 5.10 Å². The number of carbonyl (C=O) groups is 1. The van der Waals surface area contributed by atoms with Crippen LogP contribution in [-0.4, -0.2) is 64.3 Å². The first-order chi connectivity index (χ1) is 11.6. The van der Waals surface area contributed by atoms with E-state index < -0.39 is 0 Å². The molecular formula is C16H22N6O2. The maximum Gasteiger partial charge on any atom is 0.257 e. The third kappa shape index (κ3) is 3.38. The number of ether oxygens (including phenoxy) is 1. The molecule has 8 heteroatoms. The van der Waals surface area contributed by atoms with Gasteiger partial charge in [-0.25, -0.2) is 9.97 Å². The Labute approximate surface area is 141 Å². The van der Waals surface area contributed by atoms with Gasteiger partial charge in [0, 0.05) is 39.6 Å². The van der Waals surface area contributed by atoms with Gasteiger partial charge < -0.3 is 14.5 Å². The summed E-state index contributed by atoms with van der Waals surface area (Å²) in [4.78, 5) is 25.0. The molecule has 3 rings (SSSR count). The maximum atomic E-state index is 12.7. The summed E-state index contributed by atoms with van der Waals surface area (Å²) in [6, 6.07) is 1.83. The van der Waals surface area contributed by atoms with Gasteiger partial charge in [-0.15, -0.1) is 0 Å². The second-order valence-corrected chi connectivity index (χ2v) is 5.87. The van der Waals surface area contributed by atoms with Gasteiger partial charge in [0.2, 0.25) is 5.95 Å². The molecule has 0 spiro atoms. The molecule has 0 saturated carbocycles. The van der Waals surface area contributed by atoms with Crippen molar-refractivity contribution in [2.45, 2.75) is 19.6 Å². The van der Waals surface area contributed by atoms with Gasteiger partial charge in [-0.05, 0) is 13.0 Å². The lowest BCUT2D eigenvalue weighted by Gasteiger charge is -2.32. The van der Waals surface area contributed by atoms with Gasteiger partial charge in [0.05, 0.1) is 30.6 Å². The number of morpholine rings is 1. The molecule has 1 amide bonds. The fourth-order valence-electron chi connectivity index (χ4n) is 2.60. The van der Waals surface area contributed by atoms with E-state index in [9.17, 15) is 4.79 Å². The lowest BCUT2D eigenvalue weighted by molar-refractivity contribution is -0.0247. The molecular weight excluding hydrogens is 308 g/mol. The highest BCUT2D eigenvalue weighted by Gasteiger charge is 2.28. The number of carbonyl (C=O) groups excluding carboxylic acids is 1. The normalized spacial score (nSPS) is 17.8. The number of anilines is 1. The van der Waals surface area contributed by atoms with E-state index in [1.54, 1.807) is 28.2 Å². The number of aromatic nitrogens is 4. The van der Waals surface area contributed by atoms with Crippen LogP contribution in [-0.2, 0) is 11.3 Å². The molecule has 2 aromatic rings. The van der Waals surface area contributed by atoms with E-state index in [0.717, 1.165) is 12.2 Å². The standard InChI is InChI=1S/C16H22N6O2/c1-4-22-10-12(9-18-22)15(23)21-7-8-24-14(11-21)13-5-6-17-16(19-13)20(2)3/h5-6,9-10,14H,4,7-8,11H2,1-3H3/t14-/m0/s1. The summed E-state index contributed by atoms with van der Waals surface area (Å²) in [5.74, 6) is 0.605. The van der Waals surface area contributed by atoms with Gasteiger partial charge in [0.1, 0.15) is 6.10 Å². The van der Waals surface area contributed by atoms with Crippen LogP contribution in [0.15, 0.2) is 24.7 Å². The fourth-order valence-corrected chi connectivity index (χ4v) is 2.60. The fraction of sp³-hybridized carbons (Fsp3) is 0.500. The summed E-state index contributed by atoms with van der Waals surface area (Å²) in [5.41, 5.74) is 1.39. The van der Waals surface area contributed by atoms with E-state index in [2.05, 4.69) is 15.1 Å². The van der Waals surface area contributed by atoms with E-state index in [0.29, 0.717) is 31.2 Å². The van der Waals surface area contributed by atoms with E-state index in [1.807, 2.05) is 32.0 Å². The van der Waals surface area contributed by atoms with Gasteiger partial charge in [-0.1, -0.05) is 0 Å². The first kappa shape index (κ1) is 16.4. The lowest BCUT2D eigenvalue weighted by Crippen LogP contribution is -2.42. The maximum absolute atomic E-state index is 12.7. The van der Waals surface area contributed by atoms with Gasteiger partial charge in [-0.3, -0.25) is 9.48 Å². The molecule has 1 fully saturated rings. The molecule has 1 atom stereocenters. The Kier molecular flexibility index (Phi) is 4.75. The molecule has 0 radical (unpaired) electrons. The minimum Gasteiger partial charge on any atom is -0.368 e. The molecule has 3 heterocycles. The summed E-state index contributed by atoms with van der Waals surface area (Å²) >= 11 is 0. The van der Waals surface area contributed by atoms with Crippen molar-refractivity contribution in [2.24, 2.45) is 0 Å². The predicted octanol–water partition coefficient (Wildman–Crippen LogP) is 0.973. The van der Waals surface area contributed by atoms with Crippen LogP contribution in [0, 0.1) is 0 Å². The predicted molar refractivity (Wildman–Crippen MR) is 88.9 cm³/mol.